The summed E-state index contributed by atoms with van der Waals surface area (Å²) in [4.78, 5) is 8.39. The van der Waals surface area contributed by atoms with Crippen LogP contribution in [-0.2, 0) is 18.5 Å². The molecule has 1 heterocycles. The van der Waals surface area contributed by atoms with Gasteiger partial charge in [0.2, 0.25) is 5.89 Å². The monoisotopic (exact) mass is 401 g/mol. The average Bonchev–Trinajstić information content (AvgIpc) is 3.06. The molecule has 0 spiro atoms. The molecule has 10 heteroatoms. The summed E-state index contributed by atoms with van der Waals surface area (Å²) in [7, 11) is 1.58. The fourth-order valence-electron chi connectivity index (χ4n) is 2.09. The molecule has 27 heavy (non-hydrogen) atoms. The van der Waals surface area contributed by atoms with Gasteiger partial charge in [0.25, 0.3) is 0 Å². The molecule has 0 radical (unpaired) electrons. The number of ether oxygens (including phenoxy) is 1. The minimum absolute atomic E-state index is 0.0466. The van der Waals surface area contributed by atoms with Crippen LogP contribution in [0.3, 0.4) is 0 Å². The summed E-state index contributed by atoms with van der Waals surface area (Å²) < 4.78 is 34.8. The van der Waals surface area contributed by atoms with Crippen LogP contribution < -0.4 is 15.4 Å². The molecule has 0 aliphatic heterocycles. The molecular formula is C17H22ClF2N5O2. The lowest BCUT2D eigenvalue weighted by atomic mass is 9.97. The zero-order valence-electron chi connectivity index (χ0n) is 15.5. The maximum absolute atomic E-state index is 12.5. The minimum Gasteiger partial charge on any atom is -0.434 e. The van der Waals surface area contributed by atoms with Crippen LogP contribution in [0.4, 0.5) is 8.78 Å². The maximum atomic E-state index is 12.5. The predicted molar refractivity (Wildman–Crippen MR) is 98.1 cm³/mol. The number of aromatic nitrogens is 2. The number of alkyl halides is 2. The van der Waals surface area contributed by atoms with E-state index in [1.807, 2.05) is 20.8 Å². The highest BCUT2D eigenvalue weighted by Crippen LogP contribution is 2.24. The molecule has 0 fully saturated rings. The minimum atomic E-state index is -2.92. The van der Waals surface area contributed by atoms with Crippen LogP contribution >= 0.6 is 11.6 Å². The molecule has 0 amide bonds. The van der Waals surface area contributed by atoms with Gasteiger partial charge in [0, 0.05) is 29.6 Å². The summed E-state index contributed by atoms with van der Waals surface area (Å²) in [6.07, 6.45) is 0. The molecule has 2 rings (SSSR count). The Morgan fingerprint density at radius 2 is 2.00 bits per heavy atom. The highest BCUT2D eigenvalue weighted by Gasteiger charge is 2.21. The first kappa shape index (κ1) is 20.9. The van der Waals surface area contributed by atoms with Crippen molar-refractivity contribution in [2.45, 2.75) is 45.9 Å². The highest BCUT2D eigenvalue weighted by molar-refractivity contribution is 6.30. The second-order valence-electron chi connectivity index (χ2n) is 6.68. The Hall–Kier alpha value is -2.42. The van der Waals surface area contributed by atoms with Crippen molar-refractivity contribution in [3.05, 3.63) is 40.5 Å². The molecule has 0 saturated carbocycles. The first-order chi connectivity index (χ1) is 12.7. The van der Waals surface area contributed by atoms with E-state index in [0.717, 1.165) is 0 Å². The van der Waals surface area contributed by atoms with Crippen LogP contribution in [0, 0.1) is 0 Å². The zero-order valence-corrected chi connectivity index (χ0v) is 16.3. The molecule has 0 saturated heterocycles. The van der Waals surface area contributed by atoms with E-state index in [-0.39, 0.29) is 24.3 Å². The van der Waals surface area contributed by atoms with Crippen molar-refractivity contribution in [2.75, 3.05) is 7.05 Å². The van der Waals surface area contributed by atoms with E-state index >= 15 is 0 Å². The number of guanidine groups is 1. The third-order valence-electron chi connectivity index (χ3n) is 3.43. The van der Waals surface area contributed by atoms with Crippen molar-refractivity contribution in [2.24, 2.45) is 4.99 Å². The molecule has 1 aromatic carbocycles. The van der Waals surface area contributed by atoms with E-state index in [1.165, 1.54) is 12.1 Å². The summed E-state index contributed by atoms with van der Waals surface area (Å²) in [5.74, 6) is 1.49. The van der Waals surface area contributed by atoms with Gasteiger partial charge in [-0.15, -0.1) is 0 Å². The summed E-state index contributed by atoms with van der Waals surface area (Å²) in [6, 6.07) is 4.43. The quantitative estimate of drug-likeness (QED) is 0.569. The number of hydrogen-bond donors (Lipinski definition) is 2. The van der Waals surface area contributed by atoms with Crippen LogP contribution in [-0.4, -0.2) is 29.8 Å². The lowest BCUT2D eigenvalue weighted by molar-refractivity contribution is -0.0504. The van der Waals surface area contributed by atoms with Crippen LogP contribution in [0.1, 0.15) is 38.0 Å². The first-order valence-electron chi connectivity index (χ1n) is 8.20. The number of nitrogens with zero attached hydrogens (tertiary/aromatic N) is 3. The number of nitrogens with one attached hydrogen (secondary N) is 2. The number of halogens is 3. The van der Waals surface area contributed by atoms with Gasteiger partial charge in [-0.05, 0) is 18.2 Å². The molecule has 0 bridgehead atoms. The van der Waals surface area contributed by atoms with Crippen molar-refractivity contribution in [3.63, 3.8) is 0 Å². The van der Waals surface area contributed by atoms with Gasteiger partial charge >= 0.3 is 6.61 Å². The van der Waals surface area contributed by atoms with Crippen LogP contribution in [0.5, 0.6) is 5.75 Å². The Kier molecular flexibility index (Phi) is 6.95. The van der Waals surface area contributed by atoms with Gasteiger partial charge in [-0.2, -0.15) is 13.8 Å². The molecule has 0 aliphatic rings. The molecule has 0 aliphatic carbocycles. The molecular weight excluding hydrogens is 380 g/mol. The topological polar surface area (TPSA) is 84.6 Å². The first-order valence-corrected chi connectivity index (χ1v) is 8.57. The van der Waals surface area contributed by atoms with Crippen LogP contribution in [0.25, 0.3) is 0 Å². The van der Waals surface area contributed by atoms with E-state index < -0.39 is 6.61 Å². The second-order valence-corrected chi connectivity index (χ2v) is 7.11. The Balaban J connectivity index is 1.96. The van der Waals surface area contributed by atoms with Crippen molar-refractivity contribution >= 4 is 17.6 Å². The fraction of sp³-hybridized carbons (Fsp3) is 0.471. The SMILES string of the molecule is CN=C(NCc1noc(C(C)(C)C)n1)NCc1cc(Cl)ccc1OC(F)F. The molecule has 7 nitrogen and oxygen atoms in total. The number of hydrogen-bond acceptors (Lipinski definition) is 5. The smallest absolute Gasteiger partial charge is 0.387 e. The third-order valence-corrected chi connectivity index (χ3v) is 3.67. The number of benzene rings is 1. The highest BCUT2D eigenvalue weighted by atomic mass is 35.5. The van der Waals surface area contributed by atoms with Crippen molar-refractivity contribution in [1.29, 1.82) is 0 Å². The standard InChI is InChI=1S/C17H22ClF2N5O2/c1-17(2,3)14-24-13(25-27-14)9-23-16(21-4)22-8-10-7-11(18)5-6-12(10)26-15(19)20/h5-7,15H,8-9H2,1-4H3,(H2,21,22,23). The van der Waals surface area contributed by atoms with Gasteiger partial charge in [0.05, 0.1) is 6.54 Å². The van der Waals surface area contributed by atoms with Gasteiger partial charge in [-0.25, -0.2) is 0 Å². The maximum Gasteiger partial charge on any atom is 0.387 e. The normalized spacial score (nSPS) is 12.4. The van der Waals surface area contributed by atoms with Crippen LogP contribution in [0.2, 0.25) is 5.02 Å². The number of rotatable bonds is 6. The van der Waals surface area contributed by atoms with E-state index in [2.05, 4.69) is 30.5 Å². The molecule has 0 atom stereocenters. The Labute approximate surface area is 161 Å². The van der Waals surface area contributed by atoms with E-state index in [4.69, 9.17) is 16.1 Å². The van der Waals surface area contributed by atoms with E-state index in [9.17, 15) is 8.78 Å². The fourth-order valence-corrected chi connectivity index (χ4v) is 2.28. The molecule has 0 unspecified atom stereocenters. The van der Waals surface area contributed by atoms with Crippen molar-refractivity contribution in [3.8, 4) is 5.75 Å². The van der Waals surface area contributed by atoms with Crippen molar-refractivity contribution < 1.29 is 18.0 Å². The van der Waals surface area contributed by atoms with Crippen LogP contribution in [0.15, 0.2) is 27.7 Å². The second kappa shape index (κ2) is 8.98. The third kappa shape index (κ3) is 6.35. The van der Waals surface area contributed by atoms with Gasteiger partial charge < -0.3 is 19.9 Å². The molecule has 1 aromatic heterocycles. The molecule has 2 N–H and O–H groups in total. The van der Waals surface area contributed by atoms with Gasteiger partial charge in [0.1, 0.15) is 5.75 Å². The lowest BCUT2D eigenvalue weighted by Gasteiger charge is -2.14. The predicted octanol–water partition coefficient (Wildman–Crippen LogP) is 3.49. The largest absolute Gasteiger partial charge is 0.434 e. The molecule has 2 aromatic rings. The molecule has 148 valence electrons. The van der Waals surface area contributed by atoms with E-state index in [0.29, 0.717) is 28.3 Å². The summed E-state index contributed by atoms with van der Waals surface area (Å²) in [6.45, 7) is 3.47. The number of aliphatic imine (C=N–C) groups is 1. The Morgan fingerprint density at radius 3 is 2.59 bits per heavy atom. The van der Waals surface area contributed by atoms with E-state index in [1.54, 1.807) is 13.1 Å². The van der Waals surface area contributed by atoms with Gasteiger partial charge in [-0.3, -0.25) is 4.99 Å². The summed E-state index contributed by atoms with van der Waals surface area (Å²) in [5.41, 5.74) is 0.235. The average molecular weight is 402 g/mol. The van der Waals surface area contributed by atoms with Gasteiger partial charge in [0.15, 0.2) is 11.8 Å². The Morgan fingerprint density at radius 1 is 1.30 bits per heavy atom. The lowest BCUT2D eigenvalue weighted by Crippen LogP contribution is -2.36. The zero-order chi connectivity index (χ0) is 20.0. The Bertz CT molecular complexity index is 790. The summed E-state index contributed by atoms with van der Waals surface area (Å²) >= 11 is 5.94. The summed E-state index contributed by atoms with van der Waals surface area (Å²) in [5, 5.41) is 10.4. The van der Waals surface area contributed by atoms with Gasteiger partial charge in [-0.1, -0.05) is 37.5 Å². The van der Waals surface area contributed by atoms with Crippen molar-refractivity contribution in [1.82, 2.24) is 20.8 Å².